The van der Waals surface area contributed by atoms with E-state index in [0.29, 0.717) is 5.84 Å². The van der Waals surface area contributed by atoms with Crippen LogP contribution in [0.5, 0.6) is 0 Å². The fourth-order valence-corrected chi connectivity index (χ4v) is 1.57. The average molecular weight is 286 g/mol. The molecule has 0 radical (unpaired) electrons. The van der Waals surface area contributed by atoms with E-state index >= 15 is 0 Å². The molecule has 0 bridgehead atoms. The molecule has 0 aliphatic carbocycles. The highest BCUT2D eigenvalue weighted by atomic mass is 16.2. The zero-order valence-corrected chi connectivity index (χ0v) is 12.2. The van der Waals surface area contributed by atoms with E-state index in [1.165, 1.54) is 0 Å². The lowest BCUT2D eigenvalue weighted by Crippen LogP contribution is -2.25. The summed E-state index contributed by atoms with van der Waals surface area (Å²) in [6.07, 6.45) is 1.58. The number of para-hydroxylation sites is 1. The van der Waals surface area contributed by atoms with Gasteiger partial charge in [0, 0.05) is 20.3 Å². The van der Waals surface area contributed by atoms with Gasteiger partial charge in [0.15, 0.2) is 5.82 Å². The third-order valence-electron chi connectivity index (χ3n) is 2.97. The summed E-state index contributed by atoms with van der Waals surface area (Å²) in [6, 6.07) is 9.43. The lowest BCUT2D eigenvalue weighted by Gasteiger charge is -2.10. The fraction of sp³-hybridized carbons (Fsp3) is 0.214. The van der Waals surface area contributed by atoms with Gasteiger partial charge in [-0.1, -0.05) is 18.2 Å². The summed E-state index contributed by atoms with van der Waals surface area (Å²) in [5.41, 5.74) is 9.37. The molecular formula is C14H18N6O. The highest BCUT2D eigenvalue weighted by molar-refractivity contribution is 5.98. The molecular weight excluding hydrogens is 268 g/mol. The van der Waals surface area contributed by atoms with Gasteiger partial charge in [0.05, 0.1) is 5.69 Å². The first-order valence-electron chi connectivity index (χ1n) is 6.41. The molecule has 0 saturated carbocycles. The van der Waals surface area contributed by atoms with Crippen molar-refractivity contribution >= 4 is 17.6 Å². The predicted octanol–water partition coefficient (Wildman–Crippen LogP) is 1.08. The van der Waals surface area contributed by atoms with Crippen molar-refractivity contribution < 1.29 is 4.79 Å². The minimum Gasteiger partial charge on any atom is -0.382 e. The number of amides is 1. The van der Waals surface area contributed by atoms with Gasteiger partial charge >= 0.3 is 0 Å². The summed E-state index contributed by atoms with van der Waals surface area (Å²) in [7, 11) is 3.68. The second-order valence-electron chi connectivity index (χ2n) is 4.70. The molecule has 0 aliphatic rings. The minimum atomic E-state index is -0.393. The Labute approximate surface area is 123 Å². The molecule has 0 saturated heterocycles. The van der Waals surface area contributed by atoms with E-state index in [9.17, 15) is 4.79 Å². The number of nitrogens with zero attached hydrogens (tertiary/aromatic N) is 4. The summed E-state index contributed by atoms with van der Waals surface area (Å²) in [5.74, 6) is 0.447. The minimum absolute atomic E-state index is 0.161. The average Bonchev–Trinajstić information content (AvgIpc) is 2.87. The van der Waals surface area contributed by atoms with Crippen LogP contribution in [-0.2, 0) is 0 Å². The standard InChI is InChI=1S/C14H18N6O/c1-10(19(2)3)16-17-14(21)12-9-20(18-13(12)15)11-7-5-4-6-8-11/h4-9H,1-3H3,(H2,15,18)(H,17,21)/b16-10-. The van der Waals surface area contributed by atoms with Crippen LogP contribution in [0.1, 0.15) is 17.3 Å². The van der Waals surface area contributed by atoms with Crippen molar-refractivity contribution in [2.24, 2.45) is 5.10 Å². The predicted molar refractivity (Wildman–Crippen MR) is 82.2 cm³/mol. The highest BCUT2D eigenvalue weighted by Gasteiger charge is 2.14. The molecule has 7 heteroatoms. The largest absolute Gasteiger partial charge is 0.382 e. The number of aromatic nitrogens is 2. The molecule has 1 heterocycles. The van der Waals surface area contributed by atoms with E-state index in [2.05, 4.69) is 15.6 Å². The van der Waals surface area contributed by atoms with Crippen LogP contribution in [0.3, 0.4) is 0 Å². The van der Waals surface area contributed by atoms with Crippen LogP contribution >= 0.6 is 0 Å². The number of carbonyl (C=O) groups is 1. The maximum absolute atomic E-state index is 12.1. The van der Waals surface area contributed by atoms with Gasteiger partial charge < -0.3 is 10.6 Å². The number of carbonyl (C=O) groups excluding carboxylic acids is 1. The van der Waals surface area contributed by atoms with E-state index < -0.39 is 5.91 Å². The number of hydrogen-bond acceptors (Lipinski definition) is 4. The Hall–Kier alpha value is -2.83. The number of hydrogen-bond donors (Lipinski definition) is 2. The highest BCUT2D eigenvalue weighted by Crippen LogP contribution is 2.13. The first-order chi connectivity index (χ1) is 9.99. The Morgan fingerprint density at radius 3 is 2.62 bits per heavy atom. The Kier molecular flexibility index (Phi) is 4.22. The van der Waals surface area contributed by atoms with Crippen molar-refractivity contribution in [1.82, 2.24) is 20.1 Å². The summed E-state index contributed by atoms with van der Waals surface area (Å²) in [6.45, 7) is 1.79. The van der Waals surface area contributed by atoms with E-state index in [4.69, 9.17) is 5.73 Å². The van der Waals surface area contributed by atoms with Gasteiger partial charge in [-0.05, 0) is 19.1 Å². The lowest BCUT2D eigenvalue weighted by atomic mass is 10.3. The number of benzene rings is 1. The quantitative estimate of drug-likeness (QED) is 0.502. The third-order valence-corrected chi connectivity index (χ3v) is 2.97. The molecule has 7 nitrogen and oxygen atoms in total. The monoisotopic (exact) mass is 286 g/mol. The van der Waals surface area contributed by atoms with Crippen LogP contribution in [0.25, 0.3) is 5.69 Å². The van der Waals surface area contributed by atoms with Gasteiger partial charge in [-0.3, -0.25) is 4.79 Å². The van der Waals surface area contributed by atoms with Crippen LogP contribution in [0.4, 0.5) is 5.82 Å². The van der Waals surface area contributed by atoms with Crippen molar-refractivity contribution in [2.75, 3.05) is 19.8 Å². The molecule has 0 fully saturated rings. The smallest absolute Gasteiger partial charge is 0.276 e. The van der Waals surface area contributed by atoms with Crippen LogP contribution in [0.15, 0.2) is 41.6 Å². The first kappa shape index (κ1) is 14.6. The molecule has 0 spiro atoms. The molecule has 1 aromatic heterocycles. The molecule has 0 unspecified atom stereocenters. The molecule has 21 heavy (non-hydrogen) atoms. The fourth-order valence-electron chi connectivity index (χ4n) is 1.57. The number of anilines is 1. The van der Waals surface area contributed by atoms with Crippen molar-refractivity contribution in [3.05, 3.63) is 42.1 Å². The van der Waals surface area contributed by atoms with Gasteiger partial charge in [0.2, 0.25) is 0 Å². The van der Waals surface area contributed by atoms with Crippen LogP contribution < -0.4 is 11.2 Å². The zero-order valence-electron chi connectivity index (χ0n) is 12.2. The second kappa shape index (κ2) is 6.08. The number of nitrogens with one attached hydrogen (secondary N) is 1. The third kappa shape index (κ3) is 3.38. The van der Waals surface area contributed by atoms with Crippen molar-refractivity contribution in [1.29, 1.82) is 0 Å². The molecule has 1 amide bonds. The van der Waals surface area contributed by atoms with Crippen molar-refractivity contribution in [3.8, 4) is 5.69 Å². The van der Waals surface area contributed by atoms with Gasteiger partial charge in [-0.2, -0.15) is 5.10 Å². The van der Waals surface area contributed by atoms with Gasteiger partial charge in [0.1, 0.15) is 11.4 Å². The molecule has 2 rings (SSSR count). The van der Waals surface area contributed by atoms with Crippen molar-refractivity contribution in [2.45, 2.75) is 6.92 Å². The van der Waals surface area contributed by atoms with E-state index in [1.807, 2.05) is 44.4 Å². The maximum atomic E-state index is 12.1. The van der Waals surface area contributed by atoms with Gasteiger partial charge in [-0.25, -0.2) is 10.1 Å². The molecule has 0 aliphatic heterocycles. The Morgan fingerprint density at radius 1 is 1.33 bits per heavy atom. The van der Waals surface area contributed by atoms with Crippen LogP contribution in [-0.4, -0.2) is 40.5 Å². The zero-order chi connectivity index (χ0) is 15.4. The lowest BCUT2D eigenvalue weighted by molar-refractivity contribution is 0.0955. The number of rotatable bonds is 3. The topological polar surface area (TPSA) is 88.5 Å². The first-order valence-corrected chi connectivity index (χ1v) is 6.41. The molecule has 0 atom stereocenters. The van der Waals surface area contributed by atoms with E-state index in [0.717, 1.165) is 5.69 Å². The maximum Gasteiger partial charge on any atom is 0.276 e. The van der Waals surface area contributed by atoms with Crippen LogP contribution in [0.2, 0.25) is 0 Å². The van der Waals surface area contributed by atoms with E-state index in [1.54, 1.807) is 22.7 Å². The number of nitrogens with two attached hydrogens (primary N) is 1. The van der Waals surface area contributed by atoms with Crippen LogP contribution in [0, 0.1) is 0 Å². The molecule has 3 N–H and O–H groups in total. The normalized spacial score (nSPS) is 11.3. The Balaban J connectivity index is 2.20. The Bertz CT molecular complexity index is 659. The number of hydrazone groups is 1. The summed E-state index contributed by atoms with van der Waals surface area (Å²) in [4.78, 5) is 13.9. The van der Waals surface area contributed by atoms with E-state index in [-0.39, 0.29) is 11.4 Å². The molecule has 2 aromatic rings. The summed E-state index contributed by atoms with van der Waals surface area (Å²) in [5, 5.41) is 8.11. The Morgan fingerprint density at radius 2 is 2.00 bits per heavy atom. The second-order valence-corrected chi connectivity index (χ2v) is 4.70. The SMILES string of the molecule is C/C(=N/NC(=O)c1cn(-c2ccccc2)nc1N)N(C)C. The molecule has 1 aromatic carbocycles. The number of amidine groups is 1. The van der Waals surface area contributed by atoms with Gasteiger partial charge in [-0.15, -0.1) is 5.10 Å². The van der Waals surface area contributed by atoms with Crippen molar-refractivity contribution in [3.63, 3.8) is 0 Å². The number of nitrogen functional groups attached to an aromatic ring is 1. The summed E-state index contributed by atoms with van der Waals surface area (Å²) < 4.78 is 1.56. The molecule has 110 valence electrons. The summed E-state index contributed by atoms with van der Waals surface area (Å²) >= 11 is 0. The van der Waals surface area contributed by atoms with Gasteiger partial charge in [0.25, 0.3) is 5.91 Å².